The lowest BCUT2D eigenvalue weighted by molar-refractivity contribution is -0.125. The van der Waals surface area contributed by atoms with E-state index in [1.807, 2.05) is 43.3 Å². The van der Waals surface area contributed by atoms with Gasteiger partial charge in [0.25, 0.3) is 0 Å². The lowest BCUT2D eigenvalue weighted by Gasteiger charge is -2.33. The minimum atomic E-state index is -0.568. The number of nitrogens with one attached hydrogen (secondary N) is 2. The number of hydrogen-bond acceptors (Lipinski definition) is 7. The molecule has 1 fully saturated rings. The molecule has 38 heavy (non-hydrogen) atoms. The Balaban J connectivity index is 1.43. The van der Waals surface area contributed by atoms with Crippen LogP contribution in [0.1, 0.15) is 51.5 Å². The third-order valence-corrected chi connectivity index (χ3v) is 7.23. The van der Waals surface area contributed by atoms with Crippen LogP contribution in [0.2, 0.25) is 5.28 Å². The predicted octanol–water partition coefficient (Wildman–Crippen LogP) is 5.72. The van der Waals surface area contributed by atoms with Crippen LogP contribution in [-0.4, -0.2) is 56.5 Å². The molecule has 4 rings (SSSR count). The first kappa shape index (κ1) is 28.0. The summed E-state index contributed by atoms with van der Waals surface area (Å²) in [6.45, 7) is 5.14. The Morgan fingerprint density at radius 3 is 2.82 bits per heavy atom. The van der Waals surface area contributed by atoms with Crippen LogP contribution in [-0.2, 0) is 16.1 Å². The maximum absolute atomic E-state index is 13.3. The van der Waals surface area contributed by atoms with Crippen molar-refractivity contribution in [1.29, 1.82) is 0 Å². The zero-order chi connectivity index (χ0) is 27.1. The molecule has 11 heteroatoms. The number of nitrogens with zero attached hydrogens (tertiary/aromatic N) is 4. The molecule has 0 bridgehead atoms. The van der Waals surface area contributed by atoms with E-state index >= 15 is 0 Å². The summed E-state index contributed by atoms with van der Waals surface area (Å²) in [6.07, 6.45) is 5.25. The fraction of sp³-hybridized carbons (Fsp3) is 0.444. The number of amides is 2. The zero-order valence-electron chi connectivity index (χ0n) is 21.5. The van der Waals surface area contributed by atoms with Crippen LogP contribution in [0.3, 0.4) is 0 Å². The largest absolute Gasteiger partial charge is 0.445 e. The van der Waals surface area contributed by atoms with Gasteiger partial charge in [-0.2, -0.15) is 4.98 Å². The van der Waals surface area contributed by atoms with Gasteiger partial charge in [0.1, 0.15) is 18.2 Å². The third kappa shape index (κ3) is 7.11. The number of hydrogen-bond donors (Lipinski definition) is 2. The number of carbonyl (C=O) groups is 2. The van der Waals surface area contributed by atoms with E-state index in [0.29, 0.717) is 36.4 Å². The number of likely N-dealkylation sites (tertiary alicyclic amines) is 1. The number of halogens is 2. The Bertz CT molecular complexity index is 1280. The number of benzene rings is 1. The minimum Gasteiger partial charge on any atom is -0.445 e. The molecule has 3 heterocycles. The van der Waals surface area contributed by atoms with Crippen molar-refractivity contribution in [2.75, 3.05) is 18.4 Å². The average Bonchev–Trinajstić information content (AvgIpc) is 3.40. The second kappa shape index (κ2) is 12.7. The number of rotatable bonds is 10. The maximum Gasteiger partial charge on any atom is 0.410 e. The topological polar surface area (TPSA) is 109 Å². The van der Waals surface area contributed by atoms with E-state index in [9.17, 15) is 9.59 Å². The summed E-state index contributed by atoms with van der Waals surface area (Å²) in [4.78, 5) is 40.7. The summed E-state index contributed by atoms with van der Waals surface area (Å²) in [5.41, 5.74) is 1.56. The van der Waals surface area contributed by atoms with Gasteiger partial charge in [-0.3, -0.25) is 9.69 Å². The highest BCUT2D eigenvalue weighted by Crippen LogP contribution is 2.27. The van der Waals surface area contributed by atoms with Crippen molar-refractivity contribution in [3.05, 3.63) is 57.9 Å². The first-order valence-corrected chi connectivity index (χ1v) is 14.0. The van der Waals surface area contributed by atoms with E-state index in [1.165, 1.54) is 4.90 Å². The molecule has 2 amide bonds. The maximum atomic E-state index is 13.3. The number of anilines is 1. The van der Waals surface area contributed by atoms with Crippen molar-refractivity contribution in [3.63, 3.8) is 0 Å². The van der Waals surface area contributed by atoms with Gasteiger partial charge in [-0.1, -0.05) is 50.1 Å². The summed E-state index contributed by atoms with van der Waals surface area (Å²) < 4.78 is 6.28. The van der Waals surface area contributed by atoms with Crippen molar-refractivity contribution in [2.45, 2.75) is 64.1 Å². The van der Waals surface area contributed by atoms with Crippen LogP contribution < -0.4 is 10.6 Å². The SMILES string of the molecule is CCCC[C@](C)(CNC(=O)[C@@H]1CCCN1C(=O)OCc1ccccc1)Nc1nc(Cl)nc2cc(Br)cnc12. The molecular weight excluding hydrogens is 572 g/mol. The summed E-state index contributed by atoms with van der Waals surface area (Å²) in [7, 11) is 0. The lowest BCUT2D eigenvalue weighted by Crippen LogP contribution is -2.52. The number of ether oxygens (including phenoxy) is 1. The number of carbonyl (C=O) groups excluding carboxylic acids is 2. The predicted molar refractivity (Wildman–Crippen MR) is 151 cm³/mol. The van der Waals surface area contributed by atoms with Crippen LogP contribution in [0, 0.1) is 0 Å². The summed E-state index contributed by atoms with van der Waals surface area (Å²) >= 11 is 9.62. The molecule has 2 N–H and O–H groups in total. The van der Waals surface area contributed by atoms with Crippen LogP contribution in [0.5, 0.6) is 0 Å². The van der Waals surface area contributed by atoms with E-state index < -0.39 is 17.7 Å². The van der Waals surface area contributed by atoms with Crippen LogP contribution in [0.25, 0.3) is 11.0 Å². The Kier molecular flexibility index (Phi) is 9.38. The Morgan fingerprint density at radius 2 is 2.05 bits per heavy atom. The first-order chi connectivity index (χ1) is 18.3. The highest BCUT2D eigenvalue weighted by Gasteiger charge is 2.36. The molecule has 1 aliphatic heterocycles. The third-order valence-electron chi connectivity index (χ3n) is 6.63. The highest BCUT2D eigenvalue weighted by molar-refractivity contribution is 9.10. The molecule has 202 valence electrons. The Hall–Kier alpha value is -2.98. The fourth-order valence-electron chi connectivity index (χ4n) is 4.56. The smallest absolute Gasteiger partial charge is 0.410 e. The van der Waals surface area contributed by atoms with Gasteiger partial charge in [0.15, 0.2) is 5.82 Å². The summed E-state index contributed by atoms with van der Waals surface area (Å²) in [6, 6.07) is 10.8. The quantitative estimate of drug-likeness (QED) is 0.285. The minimum absolute atomic E-state index is 0.109. The molecule has 0 unspecified atom stereocenters. The van der Waals surface area contributed by atoms with Gasteiger partial charge in [0.05, 0.1) is 11.1 Å². The number of fused-ring (bicyclic) bond motifs is 1. The van der Waals surface area contributed by atoms with Gasteiger partial charge >= 0.3 is 6.09 Å². The standard InChI is InChI=1S/C27H32BrClN6O3/c1-3-4-12-27(2,34-23-22-20(32-25(29)33-23)14-19(28)15-30-22)17-31-24(36)21-11-8-13-35(21)26(37)38-16-18-9-6-5-7-10-18/h5-7,9-10,14-15,21H,3-4,8,11-13,16-17H2,1-2H3,(H,31,36)(H,32,33,34)/t21-,27+/m0/s1. The number of pyridine rings is 1. The molecule has 0 saturated carbocycles. The molecular formula is C27H32BrClN6O3. The fourth-order valence-corrected chi connectivity index (χ4v) is 5.06. The van der Waals surface area contributed by atoms with Gasteiger partial charge in [-0.15, -0.1) is 0 Å². The second-order valence-electron chi connectivity index (χ2n) is 9.76. The van der Waals surface area contributed by atoms with Crippen LogP contribution >= 0.6 is 27.5 Å². The van der Waals surface area contributed by atoms with E-state index in [4.69, 9.17) is 16.3 Å². The van der Waals surface area contributed by atoms with E-state index in [2.05, 4.69) is 48.4 Å². The van der Waals surface area contributed by atoms with E-state index in [0.717, 1.165) is 35.7 Å². The zero-order valence-corrected chi connectivity index (χ0v) is 23.9. The molecule has 0 aliphatic carbocycles. The monoisotopic (exact) mass is 602 g/mol. The van der Waals surface area contributed by atoms with E-state index in [1.54, 1.807) is 6.20 Å². The normalized spacial score (nSPS) is 16.7. The molecule has 1 saturated heterocycles. The van der Waals surface area contributed by atoms with Crippen molar-refractivity contribution >= 4 is 56.4 Å². The number of aromatic nitrogens is 3. The molecule has 3 aromatic rings. The molecule has 2 atom stereocenters. The lowest BCUT2D eigenvalue weighted by atomic mass is 9.94. The molecule has 2 aromatic heterocycles. The Labute approximate surface area is 235 Å². The van der Waals surface area contributed by atoms with Crippen molar-refractivity contribution in [1.82, 2.24) is 25.2 Å². The second-order valence-corrected chi connectivity index (χ2v) is 11.0. The van der Waals surface area contributed by atoms with Gasteiger partial charge in [0.2, 0.25) is 11.2 Å². The molecule has 1 aliphatic rings. The van der Waals surface area contributed by atoms with Gasteiger partial charge < -0.3 is 15.4 Å². The molecule has 1 aromatic carbocycles. The average molecular weight is 604 g/mol. The molecule has 0 radical (unpaired) electrons. The number of unbranched alkanes of at least 4 members (excludes halogenated alkanes) is 1. The summed E-state index contributed by atoms with van der Waals surface area (Å²) in [5, 5.41) is 6.66. The van der Waals surface area contributed by atoms with Crippen LogP contribution in [0.15, 0.2) is 47.1 Å². The van der Waals surface area contributed by atoms with Crippen LogP contribution in [0.4, 0.5) is 10.6 Å². The van der Waals surface area contributed by atoms with E-state index in [-0.39, 0.29) is 17.8 Å². The van der Waals surface area contributed by atoms with Crippen molar-refractivity contribution < 1.29 is 14.3 Å². The Morgan fingerprint density at radius 1 is 1.26 bits per heavy atom. The van der Waals surface area contributed by atoms with Gasteiger partial charge in [-0.05, 0) is 65.3 Å². The van der Waals surface area contributed by atoms with Crippen molar-refractivity contribution in [2.24, 2.45) is 0 Å². The summed E-state index contributed by atoms with van der Waals surface area (Å²) in [5.74, 6) is 0.309. The van der Waals surface area contributed by atoms with Gasteiger partial charge in [0, 0.05) is 23.8 Å². The highest BCUT2D eigenvalue weighted by atomic mass is 79.9. The van der Waals surface area contributed by atoms with Gasteiger partial charge in [-0.25, -0.2) is 14.8 Å². The first-order valence-electron chi connectivity index (χ1n) is 12.8. The van der Waals surface area contributed by atoms with Crippen molar-refractivity contribution in [3.8, 4) is 0 Å². The molecule has 9 nitrogen and oxygen atoms in total. The molecule has 0 spiro atoms.